The van der Waals surface area contributed by atoms with Crippen LogP contribution in [0.4, 0.5) is 8.78 Å². The Morgan fingerprint density at radius 1 is 1.33 bits per heavy atom. The largest absolute Gasteiger partial charge is 0.359 e. The quantitative estimate of drug-likeness (QED) is 0.478. The Balaban J connectivity index is 0.00000162. The third kappa shape index (κ3) is 3.09. The van der Waals surface area contributed by atoms with Gasteiger partial charge in [-0.2, -0.15) is 0 Å². The highest BCUT2D eigenvalue weighted by atomic mass is 127. The normalized spacial score (nSPS) is 22.1. The molecule has 0 amide bonds. The molecule has 100 valence electrons. The number of hydrogen-bond donors (Lipinski definition) is 2. The molecule has 0 aliphatic heterocycles. The third-order valence-corrected chi connectivity index (χ3v) is 2.94. The fraction of sp³-hybridized carbons (Fsp3) is 0.417. The van der Waals surface area contributed by atoms with Gasteiger partial charge in [-0.15, -0.1) is 24.0 Å². The highest BCUT2D eigenvalue weighted by molar-refractivity contribution is 14.0. The van der Waals surface area contributed by atoms with Crippen LogP contribution < -0.4 is 10.6 Å². The van der Waals surface area contributed by atoms with Gasteiger partial charge in [0.15, 0.2) is 5.96 Å². The Kier molecular flexibility index (Phi) is 5.30. The van der Waals surface area contributed by atoms with Gasteiger partial charge in [-0.25, -0.2) is 8.78 Å². The van der Waals surface area contributed by atoms with E-state index in [1.165, 1.54) is 18.2 Å². The molecule has 1 aromatic carbocycles. The molecule has 0 bridgehead atoms. The summed E-state index contributed by atoms with van der Waals surface area (Å²) in [7, 11) is 3.40. The van der Waals surface area contributed by atoms with Gasteiger partial charge in [-0.3, -0.25) is 4.99 Å². The maximum atomic E-state index is 13.5. The number of benzene rings is 1. The summed E-state index contributed by atoms with van der Waals surface area (Å²) in [5.74, 6) is -0.423. The van der Waals surface area contributed by atoms with Crippen molar-refractivity contribution in [3.05, 3.63) is 35.4 Å². The van der Waals surface area contributed by atoms with Gasteiger partial charge in [-0.05, 0) is 18.6 Å². The number of aliphatic imine (C=N–C) groups is 1. The molecule has 1 aromatic rings. The highest BCUT2D eigenvalue weighted by Crippen LogP contribution is 2.42. The van der Waals surface area contributed by atoms with Crippen LogP contribution >= 0.6 is 24.0 Å². The molecule has 0 spiro atoms. The zero-order valence-electron chi connectivity index (χ0n) is 10.2. The standard InChI is InChI=1S/C12H15F2N3.HI/c1-15-12(16-2)17-10-6-7(10)11-8(13)4-3-5-9(11)14;/h3-5,7,10H,6H2,1-2H3,(H2,15,16,17);1H. The first-order valence-corrected chi connectivity index (χ1v) is 5.52. The first-order chi connectivity index (χ1) is 8.17. The van der Waals surface area contributed by atoms with Crippen molar-refractivity contribution in [3.63, 3.8) is 0 Å². The first kappa shape index (κ1) is 15.1. The SMILES string of the molecule is CN=C(NC)NC1CC1c1c(F)cccc1F.I. The zero-order chi connectivity index (χ0) is 12.4. The van der Waals surface area contributed by atoms with E-state index < -0.39 is 11.6 Å². The summed E-state index contributed by atoms with van der Waals surface area (Å²) in [6.45, 7) is 0. The van der Waals surface area contributed by atoms with E-state index in [2.05, 4.69) is 15.6 Å². The van der Waals surface area contributed by atoms with Gasteiger partial charge in [0.25, 0.3) is 0 Å². The van der Waals surface area contributed by atoms with Crippen LogP contribution in [0.2, 0.25) is 0 Å². The van der Waals surface area contributed by atoms with Gasteiger partial charge < -0.3 is 10.6 Å². The second kappa shape index (κ2) is 6.31. The van der Waals surface area contributed by atoms with Crippen LogP contribution in [0, 0.1) is 11.6 Å². The summed E-state index contributed by atoms with van der Waals surface area (Å²) >= 11 is 0. The fourth-order valence-corrected chi connectivity index (χ4v) is 1.96. The number of hydrogen-bond acceptors (Lipinski definition) is 1. The Morgan fingerprint density at radius 3 is 2.44 bits per heavy atom. The lowest BCUT2D eigenvalue weighted by molar-refractivity contribution is 0.553. The molecular weight excluding hydrogens is 351 g/mol. The molecule has 2 rings (SSSR count). The predicted molar refractivity (Wildman–Crippen MR) is 78.5 cm³/mol. The van der Waals surface area contributed by atoms with Gasteiger partial charge in [0.05, 0.1) is 0 Å². The van der Waals surface area contributed by atoms with Gasteiger partial charge in [0.2, 0.25) is 0 Å². The van der Waals surface area contributed by atoms with E-state index in [0.29, 0.717) is 5.96 Å². The molecule has 3 nitrogen and oxygen atoms in total. The minimum Gasteiger partial charge on any atom is -0.359 e. The summed E-state index contributed by atoms with van der Waals surface area (Å²) < 4.78 is 27.0. The second-order valence-corrected chi connectivity index (χ2v) is 4.05. The van der Waals surface area contributed by atoms with Crippen molar-refractivity contribution in [1.82, 2.24) is 10.6 Å². The number of nitrogens with one attached hydrogen (secondary N) is 2. The molecule has 2 atom stereocenters. The van der Waals surface area contributed by atoms with Crippen LogP contribution in [-0.4, -0.2) is 26.1 Å². The molecule has 0 saturated heterocycles. The van der Waals surface area contributed by atoms with Crippen LogP contribution in [0.5, 0.6) is 0 Å². The van der Waals surface area contributed by atoms with E-state index >= 15 is 0 Å². The van der Waals surface area contributed by atoms with E-state index in [9.17, 15) is 8.78 Å². The van der Waals surface area contributed by atoms with Crippen molar-refractivity contribution in [1.29, 1.82) is 0 Å². The molecule has 2 N–H and O–H groups in total. The van der Waals surface area contributed by atoms with Crippen molar-refractivity contribution in [2.75, 3.05) is 14.1 Å². The molecule has 1 fully saturated rings. The average molecular weight is 367 g/mol. The van der Waals surface area contributed by atoms with Gasteiger partial charge in [-0.1, -0.05) is 6.07 Å². The lowest BCUT2D eigenvalue weighted by Crippen LogP contribution is -2.36. The molecule has 6 heteroatoms. The first-order valence-electron chi connectivity index (χ1n) is 5.52. The van der Waals surface area contributed by atoms with E-state index in [1.807, 2.05) is 0 Å². The van der Waals surface area contributed by atoms with Crippen LogP contribution in [0.1, 0.15) is 17.9 Å². The molecule has 0 aromatic heterocycles. The number of rotatable bonds is 2. The maximum absolute atomic E-state index is 13.5. The minimum atomic E-state index is -0.473. The van der Waals surface area contributed by atoms with Crippen LogP contribution in [-0.2, 0) is 0 Å². The topological polar surface area (TPSA) is 36.4 Å². The summed E-state index contributed by atoms with van der Waals surface area (Å²) in [6.07, 6.45) is 0.721. The van der Waals surface area contributed by atoms with Crippen molar-refractivity contribution in [2.45, 2.75) is 18.4 Å². The van der Waals surface area contributed by atoms with Gasteiger partial charge in [0, 0.05) is 31.6 Å². The van der Waals surface area contributed by atoms with Crippen LogP contribution in [0.25, 0.3) is 0 Å². The van der Waals surface area contributed by atoms with Gasteiger partial charge >= 0.3 is 0 Å². The monoisotopic (exact) mass is 367 g/mol. The molecule has 0 radical (unpaired) electrons. The maximum Gasteiger partial charge on any atom is 0.190 e. The summed E-state index contributed by atoms with van der Waals surface area (Å²) in [4.78, 5) is 3.97. The molecule has 18 heavy (non-hydrogen) atoms. The molecule has 2 unspecified atom stereocenters. The number of nitrogens with zero attached hydrogens (tertiary/aromatic N) is 1. The van der Waals surface area contributed by atoms with Crippen molar-refractivity contribution in [2.24, 2.45) is 4.99 Å². The summed E-state index contributed by atoms with van der Waals surface area (Å²) in [6, 6.07) is 4.01. The Labute approximate surface area is 122 Å². The zero-order valence-corrected chi connectivity index (χ0v) is 12.5. The number of guanidine groups is 1. The molecule has 1 aliphatic rings. The fourth-order valence-electron chi connectivity index (χ4n) is 1.96. The van der Waals surface area contributed by atoms with Crippen molar-refractivity contribution >= 4 is 29.9 Å². The Morgan fingerprint density at radius 2 is 1.94 bits per heavy atom. The van der Waals surface area contributed by atoms with Crippen molar-refractivity contribution in [3.8, 4) is 0 Å². The Bertz CT molecular complexity index is 431. The van der Waals surface area contributed by atoms with E-state index in [-0.39, 0.29) is 41.5 Å². The summed E-state index contributed by atoms with van der Waals surface area (Å²) in [5, 5.41) is 5.97. The summed E-state index contributed by atoms with van der Waals surface area (Å²) in [5.41, 5.74) is 0.177. The van der Waals surface area contributed by atoms with Gasteiger partial charge in [0.1, 0.15) is 11.6 Å². The predicted octanol–water partition coefficient (Wildman–Crippen LogP) is 2.23. The van der Waals surface area contributed by atoms with E-state index in [0.717, 1.165) is 6.42 Å². The molecule has 0 heterocycles. The smallest absolute Gasteiger partial charge is 0.190 e. The molecular formula is C12H16F2IN3. The van der Waals surface area contributed by atoms with Crippen molar-refractivity contribution < 1.29 is 8.78 Å². The third-order valence-electron chi connectivity index (χ3n) is 2.94. The number of halogens is 3. The van der Waals surface area contributed by atoms with Crippen LogP contribution in [0.3, 0.4) is 0 Å². The molecule has 1 aliphatic carbocycles. The minimum absolute atomic E-state index is 0. The lowest BCUT2D eigenvalue weighted by Gasteiger charge is -2.08. The highest BCUT2D eigenvalue weighted by Gasteiger charge is 2.42. The van der Waals surface area contributed by atoms with Crippen LogP contribution in [0.15, 0.2) is 23.2 Å². The average Bonchev–Trinajstić information content (AvgIpc) is 3.05. The molecule has 1 saturated carbocycles. The Hall–Kier alpha value is -0.920. The van der Waals surface area contributed by atoms with E-state index in [4.69, 9.17) is 0 Å². The lowest BCUT2D eigenvalue weighted by atomic mass is 10.1. The second-order valence-electron chi connectivity index (χ2n) is 4.05. The van der Waals surface area contributed by atoms with E-state index in [1.54, 1.807) is 14.1 Å².